The maximum atomic E-state index is 13.7. The molecule has 1 unspecified atom stereocenters. The number of nitrogens with zero attached hydrogens (tertiary/aromatic N) is 3. The molecule has 1 fully saturated rings. The summed E-state index contributed by atoms with van der Waals surface area (Å²) < 4.78 is 0. The zero-order chi connectivity index (χ0) is 26.0. The number of aliphatic hydroxyl groups excluding tert-OH is 2. The summed E-state index contributed by atoms with van der Waals surface area (Å²) in [5.41, 5.74) is 2.63. The predicted octanol–water partition coefficient (Wildman–Crippen LogP) is 0.185. The largest absolute Gasteiger partial charge is 0.508 e. The number of aromatic hydroxyl groups is 1. The summed E-state index contributed by atoms with van der Waals surface area (Å²) in [6, 6.07) is 1.81. The van der Waals surface area contributed by atoms with Gasteiger partial charge in [-0.2, -0.15) is 0 Å². The van der Waals surface area contributed by atoms with E-state index in [0.717, 1.165) is 0 Å². The lowest BCUT2D eigenvalue weighted by Gasteiger charge is -2.50. The van der Waals surface area contributed by atoms with Crippen molar-refractivity contribution in [2.45, 2.75) is 24.5 Å². The normalized spacial score (nSPS) is 28.3. The standard InChI is InChI=1S/C24H28N4O7/c1-27(2)9-26-13-5-6-14(29)16-11(13)7-10-8-12-18(28(3)4)20(31)17(23(25)34)22(33)24(12,35)21(32)15(10)19(16)30/h5-6,9-10,12,18,29-30,33,35H,7-8H2,1-4H3,(H2,25,34)/t10-,12-,18?,24-/m1/s1. The molecule has 1 saturated carbocycles. The fourth-order valence-corrected chi connectivity index (χ4v) is 5.53. The van der Waals surface area contributed by atoms with E-state index < -0.39 is 58.0 Å². The van der Waals surface area contributed by atoms with Crippen LogP contribution in [0.5, 0.6) is 5.75 Å². The molecule has 0 aliphatic heterocycles. The van der Waals surface area contributed by atoms with Gasteiger partial charge in [-0.15, -0.1) is 0 Å². The van der Waals surface area contributed by atoms with Gasteiger partial charge >= 0.3 is 0 Å². The minimum Gasteiger partial charge on any atom is -0.508 e. The molecule has 3 aliphatic carbocycles. The second-order valence-corrected chi connectivity index (χ2v) is 9.63. The summed E-state index contributed by atoms with van der Waals surface area (Å²) in [5.74, 6) is -6.79. The number of nitrogens with two attached hydrogens (primary N) is 1. The highest BCUT2D eigenvalue weighted by atomic mass is 16.3. The number of phenols is 1. The van der Waals surface area contributed by atoms with Gasteiger partial charge in [-0.05, 0) is 50.6 Å². The van der Waals surface area contributed by atoms with Gasteiger partial charge in [0, 0.05) is 25.6 Å². The van der Waals surface area contributed by atoms with E-state index in [4.69, 9.17) is 5.73 Å². The van der Waals surface area contributed by atoms with E-state index in [1.165, 1.54) is 11.0 Å². The molecule has 0 heterocycles. The molecule has 0 bridgehead atoms. The third-order valence-electron chi connectivity index (χ3n) is 7.01. The second-order valence-electron chi connectivity index (χ2n) is 9.63. The number of aliphatic imine (C=N–C) groups is 1. The van der Waals surface area contributed by atoms with Crippen molar-refractivity contribution in [2.75, 3.05) is 28.2 Å². The average molecular weight is 485 g/mol. The summed E-state index contributed by atoms with van der Waals surface area (Å²) >= 11 is 0. The lowest BCUT2D eigenvalue weighted by molar-refractivity contribution is -0.153. The maximum Gasteiger partial charge on any atom is 0.255 e. The number of benzene rings is 1. The number of Topliss-reactive ketones (excluding diaryl/α,β-unsaturated/α-hetero) is 2. The highest BCUT2D eigenvalue weighted by Crippen LogP contribution is 2.53. The van der Waals surface area contributed by atoms with Gasteiger partial charge in [0.05, 0.1) is 23.6 Å². The number of amides is 1. The van der Waals surface area contributed by atoms with Gasteiger partial charge in [-0.3, -0.25) is 19.3 Å². The Bertz CT molecular complexity index is 1250. The maximum absolute atomic E-state index is 13.7. The smallest absolute Gasteiger partial charge is 0.255 e. The summed E-state index contributed by atoms with van der Waals surface area (Å²) in [7, 11) is 6.68. The van der Waals surface area contributed by atoms with E-state index in [9.17, 15) is 34.8 Å². The molecule has 1 amide bonds. The minimum absolute atomic E-state index is 0.00898. The zero-order valence-corrected chi connectivity index (χ0v) is 19.8. The van der Waals surface area contributed by atoms with Gasteiger partial charge in [0.25, 0.3) is 5.91 Å². The molecule has 0 saturated heterocycles. The quantitative estimate of drug-likeness (QED) is 0.227. The fraction of sp³-hybridized carbons (Fsp3) is 0.417. The number of primary amides is 1. The summed E-state index contributed by atoms with van der Waals surface area (Å²) in [6.45, 7) is 0. The van der Waals surface area contributed by atoms with Crippen molar-refractivity contribution in [1.29, 1.82) is 0 Å². The van der Waals surface area contributed by atoms with E-state index in [1.807, 2.05) is 0 Å². The second kappa shape index (κ2) is 8.21. The number of carbonyl (C=O) groups is 3. The van der Waals surface area contributed by atoms with Gasteiger partial charge in [-0.25, -0.2) is 4.99 Å². The third kappa shape index (κ3) is 3.41. The van der Waals surface area contributed by atoms with Gasteiger partial charge < -0.3 is 31.1 Å². The highest BCUT2D eigenvalue weighted by Gasteiger charge is 2.64. The Hall–Kier alpha value is -3.70. The van der Waals surface area contributed by atoms with Crippen LogP contribution in [0.1, 0.15) is 17.5 Å². The molecule has 186 valence electrons. The van der Waals surface area contributed by atoms with Crippen molar-refractivity contribution >= 4 is 35.3 Å². The van der Waals surface area contributed by atoms with Crippen LogP contribution in [-0.4, -0.2) is 93.9 Å². The first kappa shape index (κ1) is 24.4. The molecule has 4 atom stereocenters. The predicted molar refractivity (Wildman–Crippen MR) is 126 cm³/mol. The number of hydrogen-bond donors (Lipinski definition) is 5. The SMILES string of the molecule is CN(C)C=Nc1ccc(O)c2c1C[C@@H]1C[C@@H]3C(N(C)C)C(=O)C(C(N)=O)=C(O)[C@]3(O)C(=O)C1=C2O. The highest BCUT2D eigenvalue weighted by molar-refractivity contribution is 6.24. The Morgan fingerprint density at radius 1 is 1.17 bits per heavy atom. The number of ketones is 2. The lowest BCUT2D eigenvalue weighted by Crippen LogP contribution is -2.65. The molecule has 1 aromatic rings. The van der Waals surface area contributed by atoms with Crippen LogP contribution in [0.2, 0.25) is 0 Å². The van der Waals surface area contributed by atoms with Crippen molar-refractivity contribution in [2.24, 2.45) is 22.6 Å². The molecule has 11 nitrogen and oxygen atoms in total. The Balaban J connectivity index is 1.96. The van der Waals surface area contributed by atoms with Gasteiger partial charge in [0.1, 0.15) is 22.8 Å². The van der Waals surface area contributed by atoms with Crippen LogP contribution in [-0.2, 0) is 20.8 Å². The van der Waals surface area contributed by atoms with Gasteiger partial charge in [0.2, 0.25) is 5.78 Å². The Labute approximate surface area is 201 Å². The molecule has 0 aromatic heterocycles. The van der Waals surface area contributed by atoms with Gasteiger partial charge in [0.15, 0.2) is 11.4 Å². The molecule has 1 aromatic carbocycles. The number of likely N-dealkylation sites (N-methyl/N-ethyl adjacent to an activating group) is 1. The lowest BCUT2D eigenvalue weighted by atomic mass is 9.57. The van der Waals surface area contributed by atoms with Crippen molar-refractivity contribution in [3.8, 4) is 5.75 Å². The van der Waals surface area contributed by atoms with Crippen LogP contribution in [0.3, 0.4) is 0 Å². The summed E-state index contributed by atoms with van der Waals surface area (Å²) in [4.78, 5) is 46.4. The zero-order valence-electron chi connectivity index (χ0n) is 19.8. The van der Waals surface area contributed by atoms with Crippen molar-refractivity contribution in [1.82, 2.24) is 9.80 Å². The average Bonchev–Trinajstić information content (AvgIpc) is 2.75. The molecule has 35 heavy (non-hydrogen) atoms. The fourth-order valence-electron chi connectivity index (χ4n) is 5.53. The number of carbonyl (C=O) groups excluding carboxylic acids is 3. The van der Waals surface area contributed by atoms with E-state index in [1.54, 1.807) is 45.5 Å². The van der Waals surface area contributed by atoms with Crippen LogP contribution in [0.25, 0.3) is 5.76 Å². The third-order valence-corrected chi connectivity index (χ3v) is 7.01. The number of fused-ring (bicyclic) bond motifs is 3. The van der Waals surface area contributed by atoms with Crippen LogP contribution in [0, 0.1) is 11.8 Å². The van der Waals surface area contributed by atoms with Crippen molar-refractivity contribution in [3.63, 3.8) is 0 Å². The van der Waals surface area contributed by atoms with E-state index in [2.05, 4.69) is 4.99 Å². The van der Waals surface area contributed by atoms with Crippen LogP contribution >= 0.6 is 0 Å². The Morgan fingerprint density at radius 3 is 2.40 bits per heavy atom. The number of phenolic OH excluding ortho intramolecular Hbond substituents is 1. The molecular formula is C24H28N4O7. The summed E-state index contributed by atoms with van der Waals surface area (Å²) in [5, 5.41) is 44.1. The first-order valence-corrected chi connectivity index (χ1v) is 11.0. The van der Waals surface area contributed by atoms with Crippen LogP contribution < -0.4 is 5.73 Å². The molecule has 0 radical (unpaired) electrons. The topological polar surface area (TPSA) is 177 Å². The van der Waals surface area contributed by atoms with Gasteiger partial charge in [-0.1, -0.05) is 0 Å². The van der Waals surface area contributed by atoms with E-state index in [0.29, 0.717) is 11.3 Å². The minimum atomic E-state index is -2.65. The van der Waals surface area contributed by atoms with E-state index in [-0.39, 0.29) is 29.7 Å². The number of rotatable bonds is 4. The number of hydrogen-bond acceptors (Lipinski definition) is 9. The molecule has 6 N–H and O–H groups in total. The van der Waals surface area contributed by atoms with Crippen LogP contribution in [0.15, 0.2) is 34.0 Å². The molecule has 4 rings (SSSR count). The van der Waals surface area contributed by atoms with Crippen molar-refractivity contribution in [3.05, 3.63) is 40.2 Å². The Morgan fingerprint density at radius 2 is 1.83 bits per heavy atom. The molecule has 0 spiro atoms. The molecule has 11 heteroatoms. The first-order valence-electron chi connectivity index (χ1n) is 11.0. The number of aliphatic hydroxyl groups is 3. The Kier molecular flexibility index (Phi) is 5.73. The summed E-state index contributed by atoms with van der Waals surface area (Å²) in [6.07, 6.45) is 1.77. The molecule has 3 aliphatic rings. The van der Waals surface area contributed by atoms with Crippen molar-refractivity contribution < 1.29 is 34.8 Å². The van der Waals surface area contributed by atoms with Crippen LogP contribution in [0.4, 0.5) is 5.69 Å². The van der Waals surface area contributed by atoms with E-state index >= 15 is 0 Å². The first-order chi connectivity index (χ1) is 16.3. The molecular weight excluding hydrogens is 456 g/mol. The monoisotopic (exact) mass is 484 g/mol.